The van der Waals surface area contributed by atoms with Gasteiger partial charge in [0.2, 0.25) is 0 Å². The molecule has 1 aliphatic carbocycles. The number of rotatable bonds is 4. The number of aromatic nitrogens is 2. The number of carbonyl (C=O) groups is 2. The van der Waals surface area contributed by atoms with E-state index in [1.165, 1.54) is 36.9 Å². The molecule has 2 N–H and O–H groups in total. The van der Waals surface area contributed by atoms with Gasteiger partial charge in [-0.15, -0.1) is 0 Å². The minimum Gasteiger partial charge on any atom is -0.619 e. The van der Waals surface area contributed by atoms with Crippen molar-refractivity contribution in [3.05, 3.63) is 70.6 Å². The second-order valence-electron chi connectivity index (χ2n) is 6.40. The van der Waals surface area contributed by atoms with Crippen LogP contribution in [0.25, 0.3) is 0 Å². The van der Waals surface area contributed by atoms with Crippen LogP contribution < -0.4 is 20.1 Å². The third-order valence-electron chi connectivity index (χ3n) is 4.47. The predicted octanol–water partition coefficient (Wildman–Crippen LogP) is 0.424. The van der Waals surface area contributed by atoms with Gasteiger partial charge in [0.15, 0.2) is 24.8 Å². The van der Waals surface area contributed by atoms with Gasteiger partial charge in [-0.2, -0.15) is 9.46 Å². The highest BCUT2D eigenvalue weighted by Crippen LogP contribution is 2.19. The van der Waals surface area contributed by atoms with E-state index in [0.717, 1.165) is 25.7 Å². The van der Waals surface area contributed by atoms with Gasteiger partial charge in [-0.05, 0) is 37.8 Å². The number of hydrogen-bond donors (Lipinski definition) is 2. The Bertz CT molecular complexity index is 736. The fourth-order valence-electron chi connectivity index (χ4n) is 3.10. The van der Waals surface area contributed by atoms with Gasteiger partial charge in [0, 0.05) is 24.2 Å². The molecule has 3 rings (SSSR count). The molecule has 0 bridgehead atoms. The second-order valence-corrected chi connectivity index (χ2v) is 6.40. The van der Waals surface area contributed by atoms with Crippen LogP contribution in [0.2, 0.25) is 0 Å². The first kappa shape index (κ1) is 17.7. The van der Waals surface area contributed by atoms with Crippen LogP contribution in [0.3, 0.4) is 0 Å². The van der Waals surface area contributed by atoms with Gasteiger partial charge in [0.1, 0.15) is 11.1 Å². The van der Waals surface area contributed by atoms with Crippen LogP contribution in [0, 0.1) is 10.4 Å². The maximum Gasteiger partial charge on any atom is 0.257 e. The number of nitrogens with zero attached hydrogens (tertiary/aromatic N) is 2. The maximum absolute atomic E-state index is 12.2. The molecule has 136 valence electrons. The summed E-state index contributed by atoms with van der Waals surface area (Å²) >= 11 is 0. The van der Waals surface area contributed by atoms with Crippen molar-refractivity contribution in [3.63, 3.8) is 0 Å². The minimum absolute atomic E-state index is 0.0106. The largest absolute Gasteiger partial charge is 0.619 e. The molecule has 1 fully saturated rings. The highest BCUT2D eigenvalue weighted by molar-refractivity contribution is 5.94. The van der Waals surface area contributed by atoms with Crippen LogP contribution in [0.5, 0.6) is 0 Å². The molecule has 0 aromatic carbocycles. The molecule has 0 spiro atoms. The molecule has 0 saturated heterocycles. The van der Waals surface area contributed by atoms with Crippen LogP contribution in [0.15, 0.2) is 49.1 Å². The van der Waals surface area contributed by atoms with Crippen molar-refractivity contribution in [3.8, 4) is 0 Å². The van der Waals surface area contributed by atoms with Gasteiger partial charge in [0.25, 0.3) is 11.8 Å². The molecule has 8 heteroatoms. The topological polar surface area (TPSA) is 112 Å². The molecular formula is C18H20N4O4. The molecule has 0 radical (unpaired) electrons. The van der Waals surface area contributed by atoms with Crippen molar-refractivity contribution < 1.29 is 19.0 Å². The summed E-state index contributed by atoms with van der Waals surface area (Å²) in [6.45, 7) is 0. The molecule has 2 aromatic heterocycles. The summed E-state index contributed by atoms with van der Waals surface area (Å²) in [6, 6.07) is 6.27. The van der Waals surface area contributed by atoms with Crippen molar-refractivity contribution in [1.29, 1.82) is 0 Å². The van der Waals surface area contributed by atoms with Gasteiger partial charge in [-0.1, -0.05) is 0 Å². The predicted molar refractivity (Wildman–Crippen MR) is 91.8 cm³/mol. The van der Waals surface area contributed by atoms with Crippen molar-refractivity contribution in [2.45, 2.75) is 37.8 Å². The third-order valence-corrected chi connectivity index (χ3v) is 4.47. The van der Waals surface area contributed by atoms with E-state index in [2.05, 4.69) is 10.6 Å². The van der Waals surface area contributed by atoms with Gasteiger partial charge < -0.3 is 21.0 Å². The summed E-state index contributed by atoms with van der Waals surface area (Å²) < 4.78 is 1.19. The Kier molecular flexibility index (Phi) is 5.31. The molecule has 2 aromatic rings. The van der Waals surface area contributed by atoms with E-state index in [1.807, 2.05) is 0 Å². The van der Waals surface area contributed by atoms with E-state index in [9.17, 15) is 20.0 Å². The Morgan fingerprint density at radius 3 is 1.54 bits per heavy atom. The second kappa shape index (κ2) is 7.81. The smallest absolute Gasteiger partial charge is 0.257 e. The van der Waals surface area contributed by atoms with Crippen molar-refractivity contribution in [1.82, 2.24) is 10.6 Å². The zero-order valence-electron chi connectivity index (χ0n) is 14.1. The number of carbonyl (C=O) groups excluding carboxylic acids is 2. The number of hydrogen-bond acceptors (Lipinski definition) is 4. The molecule has 0 atom stereocenters. The van der Waals surface area contributed by atoms with E-state index >= 15 is 0 Å². The number of amides is 2. The maximum atomic E-state index is 12.2. The average Bonchev–Trinajstić information content (AvgIpc) is 2.63. The van der Waals surface area contributed by atoms with E-state index < -0.39 is 0 Å². The molecular weight excluding hydrogens is 336 g/mol. The lowest BCUT2D eigenvalue weighted by molar-refractivity contribution is -0.605. The van der Waals surface area contributed by atoms with Crippen LogP contribution >= 0.6 is 0 Å². The van der Waals surface area contributed by atoms with Crippen molar-refractivity contribution in [2.24, 2.45) is 0 Å². The molecule has 2 amide bonds. The molecule has 0 unspecified atom stereocenters. The standard InChI is InChI=1S/C18H20N4O4/c23-17(13-3-1-9-21(25)11-13)19-15-5-7-16(8-6-15)20-18(24)14-4-2-10-22(26)12-14/h1-4,9-12,15-16H,5-8H2,(H,19,23)(H,20,24). The quantitative estimate of drug-likeness (QED) is 0.611. The normalized spacial score (nSPS) is 19.5. The SMILES string of the molecule is O=C(NC1CCC(NC(=O)c2ccc[n+]([O-])c2)CC1)c1ccc[n+]([O-])c1. The Hall–Kier alpha value is -3.16. The van der Waals surface area contributed by atoms with E-state index in [0.29, 0.717) is 20.6 Å². The molecule has 8 nitrogen and oxygen atoms in total. The average molecular weight is 356 g/mol. The summed E-state index contributed by atoms with van der Waals surface area (Å²) in [4.78, 5) is 24.4. The molecule has 1 aliphatic rings. The lowest BCUT2D eigenvalue weighted by Gasteiger charge is -2.29. The highest BCUT2D eigenvalue weighted by atomic mass is 16.5. The molecule has 0 aliphatic heterocycles. The summed E-state index contributed by atoms with van der Waals surface area (Å²) in [5.74, 6) is -0.543. The summed E-state index contributed by atoms with van der Waals surface area (Å²) in [7, 11) is 0. The summed E-state index contributed by atoms with van der Waals surface area (Å²) in [6.07, 6.45) is 8.06. The molecule has 26 heavy (non-hydrogen) atoms. The van der Waals surface area contributed by atoms with E-state index in [-0.39, 0.29) is 23.9 Å². The first-order chi connectivity index (χ1) is 12.5. The third kappa shape index (κ3) is 4.47. The van der Waals surface area contributed by atoms with E-state index in [4.69, 9.17) is 0 Å². The van der Waals surface area contributed by atoms with Crippen LogP contribution in [-0.4, -0.2) is 23.9 Å². The Morgan fingerprint density at radius 2 is 1.19 bits per heavy atom. The summed E-state index contributed by atoms with van der Waals surface area (Å²) in [5, 5.41) is 28.3. The molecule has 1 saturated carbocycles. The lowest BCUT2D eigenvalue weighted by Crippen LogP contribution is -2.44. The van der Waals surface area contributed by atoms with E-state index in [1.54, 1.807) is 12.1 Å². The fourth-order valence-corrected chi connectivity index (χ4v) is 3.10. The fraction of sp³-hybridized carbons (Fsp3) is 0.333. The number of pyridine rings is 2. The zero-order chi connectivity index (χ0) is 18.5. The lowest BCUT2D eigenvalue weighted by atomic mass is 9.91. The first-order valence-corrected chi connectivity index (χ1v) is 8.50. The van der Waals surface area contributed by atoms with Gasteiger partial charge in [0.05, 0.1) is 0 Å². The minimum atomic E-state index is -0.271. The Morgan fingerprint density at radius 1 is 0.808 bits per heavy atom. The van der Waals surface area contributed by atoms with Crippen molar-refractivity contribution in [2.75, 3.05) is 0 Å². The van der Waals surface area contributed by atoms with Crippen LogP contribution in [-0.2, 0) is 0 Å². The summed E-state index contributed by atoms with van der Waals surface area (Å²) in [5.41, 5.74) is 0.654. The van der Waals surface area contributed by atoms with Crippen molar-refractivity contribution >= 4 is 11.8 Å². The monoisotopic (exact) mass is 356 g/mol. The van der Waals surface area contributed by atoms with Crippen LogP contribution in [0.4, 0.5) is 0 Å². The first-order valence-electron chi connectivity index (χ1n) is 8.50. The van der Waals surface area contributed by atoms with Gasteiger partial charge in [-0.25, -0.2) is 0 Å². The Balaban J connectivity index is 1.48. The Labute approximate surface area is 150 Å². The number of nitrogens with one attached hydrogen (secondary N) is 2. The van der Waals surface area contributed by atoms with Gasteiger partial charge in [-0.3, -0.25) is 9.59 Å². The highest BCUT2D eigenvalue weighted by Gasteiger charge is 2.25. The van der Waals surface area contributed by atoms with Gasteiger partial charge >= 0.3 is 0 Å². The zero-order valence-corrected chi connectivity index (χ0v) is 14.1. The molecule has 2 heterocycles. The van der Waals surface area contributed by atoms with Crippen LogP contribution in [0.1, 0.15) is 46.4 Å².